The van der Waals surface area contributed by atoms with Crippen LogP contribution in [0, 0.1) is 0 Å². The molecule has 0 radical (unpaired) electrons. The van der Waals surface area contributed by atoms with Gasteiger partial charge >= 0.3 is 22.2 Å². The molecule has 1 amide bonds. The average Bonchev–Trinajstić information content (AvgIpc) is 3.48. The van der Waals surface area contributed by atoms with Crippen LogP contribution in [0.5, 0.6) is 5.75 Å². The topological polar surface area (TPSA) is 224 Å². The number of phenols is 1. The van der Waals surface area contributed by atoms with Crippen molar-refractivity contribution in [3.05, 3.63) is 54.6 Å². The van der Waals surface area contributed by atoms with E-state index in [0.29, 0.717) is 10.8 Å². The molecule has 1 aliphatic heterocycles. The first-order valence-electron chi connectivity index (χ1n) is 12.3. The molecule has 0 unspecified atom stereocenters. The third-order valence-corrected chi connectivity index (χ3v) is 7.15. The number of nitrogen functional groups attached to an aromatic ring is 1. The van der Waals surface area contributed by atoms with Crippen LogP contribution in [0.1, 0.15) is 30.4 Å². The highest BCUT2D eigenvalue weighted by Crippen LogP contribution is 2.36. The third-order valence-electron chi connectivity index (χ3n) is 6.26. The van der Waals surface area contributed by atoms with Gasteiger partial charge in [0.05, 0.1) is 18.5 Å². The van der Waals surface area contributed by atoms with E-state index in [-0.39, 0.29) is 22.5 Å². The number of fused-ring (bicyclic) bond motifs is 2. The molecule has 4 atom stereocenters. The fourth-order valence-electron chi connectivity index (χ4n) is 4.54. The number of phenolic OH excluding ortho intramolecular Hbond substituents is 1. The summed E-state index contributed by atoms with van der Waals surface area (Å²) in [5.74, 6) is -3.06. The molecule has 220 valence electrons. The van der Waals surface area contributed by atoms with Gasteiger partial charge < -0.3 is 25.1 Å². The molecule has 5 rings (SSSR count). The van der Waals surface area contributed by atoms with Crippen molar-refractivity contribution >= 4 is 55.9 Å². The standard InChI is InChI=1S/C25H24N6O10S/c1-12(32)39-20-18(41-25(21(20)40-13(2)33)31-11-29-19-22(26)27-10-28-23(19)31)9-38-42(36,37)30-24(35)16-7-14-5-3-4-6-15(14)8-17(16)34/h3-8,10-11,18,20-21,25,34H,9H2,1-2H3,(H,30,35)(H2,26,27,28)/t18-,20-,21-,25-/m1/s1. The SMILES string of the molecule is CC(=O)O[C@@H]1[C@H](OC(C)=O)[C@@H](COS(=O)(=O)NC(=O)c2cc3ccccc3cc2O)O[C@H]1n1cnc2c(N)ncnc21. The number of esters is 2. The van der Waals surface area contributed by atoms with Crippen molar-refractivity contribution in [2.45, 2.75) is 38.4 Å². The molecule has 42 heavy (non-hydrogen) atoms. The Morgan fingerprint density at radius 1 is 1.05 bits per heavy atom. The van der Waals surface area contributed by atoms with Gasteiger partial charge in [0.15, 0.2) is 29.9 Å². The molecule has 4 N–H and O–H groups in total. The van der Waals surface area contributed by atoms with E-state index in [9.17, 15) is 27.9 Å². The molecule has 16 nitrogen and oxygen atoms in total. The highest BCUT2D eigenvalue weighted by molar-refractivity contribution is 7.85. The number of benzene rings is 2. The number of aromatic nitrogens is 4. The number of nitrogens with two attached hydrogens (primary N) is 1. The first kappa shape index (κ1) is 28.7. The summed E-state index contributed by atoms with van der Waals surface area (Å²) in [5, 5.41) is 11.5. The van der Waals surface area contributed by atoms with Crippen molar-refractivity contribution in [2.24, 2.45) is 0 Å². The van der Waals surface area contributed by atoms with Crippen molar-refractivity contribution in [1.82, 2.24) is 24.2 Å². The largest absolute Gasteiger partial charge is 0.507 e. The van der Waals surface area contributed by atoms with E-state index in [1.165, 1.54) is 29.4 Å². The molecule has 2 aromatic carbocycles. The zero-order valence-electron chi connectivity index (χ0n) is 22.0. The lowest BCUT2D eigenvalue weighted by molar-refractivity contribution is -0.165. The Hall–Kier alpha value is -4.87. The van der Waals surface area contributed by atoms with E-state index in [1.807, 2.05) is 0 Å². The summed E-state index contributed by atoms with van der Waals surface area (Å²) in [4.78, 5) is 48.8. The number of hydrogen-bond acceptors (Lipinski definition) is 14. The van der Waals surface area contributed by atoms with Gasteiger partial charge in [-0.2, -0.15) is 8.42 Å². The van der Waals surface area contributed by atoms with E-state index in [0.717, 1.165) is 13.8 Å². The number of rotatable bonds is 8. The highest BCUT2D eigenvalue weighted by Gasteiger charge is 2.51. The number of hydrogen-bond donors (Lipinski definition) is 3. The van der Waals surface area contributed by atoms with Crippen LogP contribution in [0.4, 0.5) is 5.82 Å². The number of amides is 1. The molecule has 2 aromatic heterocycles. The maximum Gasteiger partial charge on any atom is 0.362 e. The van der Waals surface area contributed by atoms with Gasteiger partial charge in [-0.05, 0) is 22.9 Å². The van der Waals surface area contributed by atoms with Crippen molar-refractivity contribution in [1.29, 1.82) is 0 Å². The minimum absolute atomic E-state index is 0.0662. The Bertz CT molecular complexity index is 1810. The molecule has 0 aliphatic carbocycles. The van der Waals surface area contributed by atoms with E-state index in [1.54, 1.807) is 29.0 Å². The smallest absolute Gasteiger partial charge is 0.362 e. The highest BCUT2D eigenvalue weighted by atomic mass is 32.2. The van der Waals surface area contributed by atoms with Crippen molar-refractivity contribution in [3.63, 3.8) is 0 Å². The Kier molecular flexibility index (Phi) is 7.63. The third kappa shape index (κ3) is 5.78. The maximum absolute atomic E-state index is 12.7. The summed E-state index contributed by atoms with van der Waals surface area (Å²) in [7, 11) is -4.79. The lowest BCUT2D eigenvalue weighted by atomic mass is 10.1. The van der Waals surface area contributed by atoms with Crippen LogP contribution in [0.3, 0.4) is 0 Å². The minimum atomic E-state index is -4.79. The molecular weight excluding hydrogens is 576 g/mol. The molecule has 3 heterocycles. The van der Waals surface area contributed by atoms with Gasteiger partial charge in [-0.15, -0.1) is 0 Å². The molecule has 0 saturated carbocycles. The van der Waals surface area contributed by atoms with E-state index >= 15 is 0 Å². The molecule has 1 aliphatic rings. The summed E-state index contributed by atoms with van der Waals surface area (Å²) in [6.45, 7) is 1.45. The molecule has 1 fully saturated rings. The normalized spacial score (nSPS) is 20.4. The summed E-state index contributed by atoms with van der Waals surface area (Å²) in [6, 6.07) is 9.50. The summed E-state index contributed by atoms with van der Waals surface area (Å²) < 4.78 is 50.2. The molecule has 0 bridgehead atoms. The van der Waals surface area contributed by atoms with Crippen LogP contribution < -0.4 is 10.5 Å². The second-order valence-corrected chi connectivity index (χ2v) is 10.5. The van der Waals surface area contributed by atoms with Gasteiger partial charge in [-0.3, -0.25) is 23.1 Å². The van der Waals surface area contributed by atoms with Gasteiger partial charge in [0, 0.05) is 13.8 Å². The maximum atomic E-state index is 12.7. The predicted molar refractivity (Wildman–Crippen MR) is 143 cm³/mol. The van der Waals surface area contributed by atoms with Crippen molar-refractivity contribution in [2.75, 3.05) is 12.3 Å². The molecular formula is C25H24N6O10S. The number of carbonyl (C=O) groups excluding carboxylic acids is 3. The summed E-state index contributed by atoms with van der Waals surface area (Å²) >= 11 is 0. The average molecular weight is 601 g/mol. The number of imidazole rings is 1. The number of ether oxygens (including phenoxy) is 3. The van der Waals surface area contributed by atoms with Gasteiger partial charge in [0.1, 0.15) is 23.7 Å². The summed E-state index contributed by atoms with van der Waals surface area (Å²) in [5.41, 5.74) is 5.97. The summed E-state index contributed by atoms with van der Waals surface area (Å²) in [6.07, 6.45) is -2.70. The van der Waals surface area contributed by atoms with Gasteiger partial charge in [0.2, 0.25) is 0 Å². The van der Waals surface area contributed by atoms with Crippen LogP contribution in [-0.2, 0) is 38.3 Å². The fraction of sp³-hybridized carbons (Fsp3) is 0.280. The van der Waals surface area contributed by atoms with Crippen LogP contribution >= 0.6 is 0 Å². The number of carbonyl (C=O) groups is 3. The van der Waals surface area contributed by atoms with E-state index in [4.69, 9.17) is 24.1 Å². The van der Waals surface area contributed by atoms with Crippen LogP contribution in [0.15, 0.2) is 49.1 Å². The Morgan fingerprint density at radius 2 is 1.71 bits per heavy atom. The molecule has 4 aromatic rings. The van der Waals surface area contributed by atoms with Crippen LogP contribution in [-0.4, -0.2) is 75.8 Å². The number of aromatic hydroxyl groups is 1. The number of anilines is 1. The Morgan fingerprint density at radius 3 is 2.40 bits per heavy atom. The molecule has 1 saturated heterocycles. The van der Waals surface area contributed by atoms with Crippen LogP contribution in [0.25, 0.3) is 21.9 Å². The van der Waals surface area contributed by atoms with E-state index < -0.39 is 65.0 Å². The van der Waals surface area contributed by atoms with Crippen molar-refractivity contribution in [3.8, 4) is 5.75 Å². The second kappa shape index (κ2) is 11.2. The zero-order valence-corrected chi connectivity index (χ0v) is 22.8. The first-order valence-corrected chi connectivity index (χ1v) is 13.7. The van der Waals surface area contributed by atoms with E-state index in [2.05, 4.69) is 15.0 Å². The zero-order chi connectivity index (χ0) is 30.2. The monoisotopic (exact) mass is 600 g/mol. The second-order valence-electron chi connectivity index (χ2n) is 9.18. The van der Waals surface area contributed by atoms with Gasteiger partial charge in [-0.1, -0.05) is 24.3 Å². The fourth-order valence-corrected chi connectivity index (χ4v) is 5.25. The minimum Gasteiger partial charge on any atom is -0.507 e. The molecule has 0 spiro atoms. The lowest BCUT2D eigenvalue weighted by Gasteiger charge is -2.23. The van der Waals surface area contributed by atoms with Gasteiger partial charge in [-0.25, -0.2) is 19.7 Å². The van der Waals surface area contributed by atoms with Gasteiger partial charge in [0.25, 0.3) is 5.91 Å². The van der Waals surface area contributed by atoms with Crippen molar-refractivity contribution < 1.29 is 46.3 Å². The first-order chi connectivity index (χ1) is 19.9. The lowest BCUT2D eigenvalue weighted by Crippen LogP contribution is -2.41. The quantitative estimate of drug-likeness (QED) is 0.237. The Labute approximate surface area is 237 Å². The Balaban J connectivity index is 1.38. The molecule has 17 heteroatoms. The number of nitrogens with one attached hydrogen (secondary N) is 1. The van der Waals surface area contributed by atoms with Crippen LogP contribution in [0.2, 0.25) is 0 Å². The number of nitrogens with zero attached hydrogens (tertiary/aromatic N) is 4. The predicted octanol–water partition coefficient (Wildman–Crippen LogP) is 0.720.